The Bertz CT molecular complexity index is 178. The molecular formula is C8H15N2P. The maximum Gasteiger partial charge on any atom is 0.0765 e. The summed E-state index contributed by atoms with van der Waals surface area (Å²) >= 11 is 0. The van der Waals surface area contributed by atoms with Crippen molar-refractivity contribution in [3.63, 3.8) is 0 Å². The second kappa shape index (κ2) is 6.22. The van der Waals surface area contributed by atoms with Gasteiger partial charge >= 0.3 is 0 Å². The standard InChI is InChI=1S/C8H15N2P/c1-4-5-6-7(2)9-8(3)10-11/h8-10H,2,6,11H2,1,3H3. The van der Waals surface area contributed by atoms with Gasteiger partial charge in [-0.05, 0) is 13.8 Å². The number of nitrogens with one attached hydrogen (secondary N) is 2. The van der Waals surface area contributed by atoms with Gasteiger partial charge in [-0.2, -0.15) is 0 Å². The molecule has 0 aliphatic carbocycles. The van der Waals surface area contributed by atoms with Gasteiger partial charge < -0.3 is 5.32 Å². The van der Waals surface area contributed by atoms with E-state index in [4.69, 9.17) is 0 Å². The lowest BCUT2D eigenvalue weighted by atomic mass is 10.3. The van der Waals surface area contributed by atoms with E-state index in [0.29, 0.717) is 6.42 Å². The van der Waals surface area contributed by atoms with Crippen molar-refractivity contribution in [1.82, 2.24) is 10.4 Å². The third-order valence-corrected chi connectivity index (χ3v) is 1.65. The van der Waals surface area contributed by atoms with Crippen LogP contribution in [-0.4, -0.2) is 6.17 Å². The molecule has 11 heavy (non-hydrogen) atoms. The quantitative estimate of drug-likeness (QED) is 0.376. The molecule has 0 aliphatic heterocycles. The van der Waals surface area contributed by atoms with E-state index in [1.807, 2.05) is 13.8 Å². The van der Waals surface area contributed by atoms with Crippen molar-refractivity contribution in [3.8, 4) is 11.8 Å². The van der Waals surface area contributed by atoms with Crippen LogP contribution in [0.15, 0.2) is 12.3 Å². The van der Waals surface area contributed by atoms with Crippen LogP contribution in [0.1, 0.15) is 20.3 Å². The lowest BCUT2D eigenvalue weighted by Crippen LogP contribution is -2.32. The average molecular weight is 170 g/mol. The van der Waals surface area contributed by atoms with Crippen molar-refractivity contribution < 1.29 is 0 Å². The Labute approximate surface area is 71.1 Å². The topological polar surface area (TPSA) is 24.1 Å². The molecule has 2 unspecified atom stereocenters. The van der Waals surface area contributed by atoms with E-state index in [0.717, 1.165) is 5.70 Å². The Kier molecular flexibility index (Phi) is 5.93. The number of rotatable bonds is 4. The van der Waals surface area contributed by atoms with Gasteiger partial charge in [0.2, 0.25) is 0 Å². The van der Waals surface area contributed by atoms with Crippen LogP contribution in [0.2, 0.25) is 0 Å². The van der Waals surface area contributed by atoms with Crippen molar-refractivity contribution in [2.45, 2.75) is 26.4 Å². The van der Waals surface area contributed by atoms with Crippen LogP contribution < -0.4 is 10.4 Å². The van der Waals surface area contributed by atoms with Crippen LogP contribution in [0.25, 0.3) is 0 Å². The number of hydrogen-bond acceptors (Lipinski definition) is 2. The lowest BCUT2D eigenvalue weighted by molar-refractivity contribution is 0.597. The highest BCUT2D eigenvalue weighted by Crippen LogP contribution is 1.92. The first-order valence-electron chi connectivity index (χ1n) is 3.50. The fourth-order valence-corrected chi connectivity index (χ4v) is 0.677. The van der Waals surface area contributed by atoms with E-state index >= 15 is 0 Å². The predicted octanol–water partition coefficient (Wildman–Crippen LogP) is 1.23. The summed E-state index contributed by atoms with van der Waals surface area (Å²) in [6.45, 7) is 7.65. The smallest absolute Gasteiger partial charge is 0.0765 e. The van der Waals surface area contributed by atoms with Crippen LogP contribution in [0, 0.1) is 11.8 Å². The molecule has 0 aromatic carbocycles. The van der Waals surface area contributed by atoms with Gasteiger partial charge in [-0.25, -0.2) is 0 Å². The Hall–Kier alpha value is -0.510. The van der Waals surface area contributed by atoms with Gasteiger partial charge in [-0.15, -0.1) is 5.92 Å². The molecule has 0 amide bonds. The molecule has 0 bridgehead atoms. The minimum absolute atomic E-state index is 0.228. The minimum Gasteiger partial charge on any atom is -0.373 e. The fraction of sp³-hybridized carbons (Fsp3) is 0.500. The Morgan fingerprint density at radius 1 is 1.73 bits per heavy atom. The molecule has 0 aromatic rings. The van der Waals surface area contributed by atoms with Gasteiger partial charge in [0, 0.05) is 12.1 Å². The summed E-state index contributed by atoms with van der Waals surface area (Å²) in [4.78, 5) is 0. The SMILES string of the molecule is C=C(CC#CC)NC(C)NP. The molecule has 0 saturated carbocycles. The zero-order valence-corrected chi connectivity index (χ0v) is 8.22. The van der Waals surface area contributed by atoms with Crippen LogP contribution >= 0.6 is 9.39 Å². The van der Waals surface area contributed by atoms with E-state index in [1.54, 1.807) is 0 Å². The first-order valence-corrected chi connectivity index (χ1v) is 4.08. The summed E-state index contributed by atoms with van der Waals surface area (Å²) in [6.07, 6.45) is 0.943. The van der Waals surface area contributed by atoms with E-state index in [2.05, 4.69) is 38.2 Å². The third-order valence-electron chi connectivity index (χ3n) is 1.15. The third kappa shape index (κ3) is 5.91. The lowest BCUT2D eigenvalue weighted by Gasteiger charge is -2.13. The van der Waals surface area contributed by atoms with Gasteiger partial charge in [0.1, 0.15) is 0 Å². The molecule has 3 heteroatoms. The molecular weight excluding hydrogens is 155 g/mol. The second-order valence-electron chi connectivity index (χ2n) is 2.24. The second-order valence-corrected chi connectivity index (χ2v) is 2.57. The summed E-state index contributed by atoms with van der Waals surface area (Å²) in [5.41, 5.74) is 0.946. The first-order chi connectivity index (χ1) is 5.20. The molecule has 0 aromatic heterocycles. The fourth-order valence-electron chi connectivity index (χ4n) is 0.594. The zero-order chi connectivity index (χ0) is 8.69. The van der Waals surface area contributed by atoms with Crippen LogP contribution in [0.5, 0.6) is 0 Å². The molecule has 2 nitrogen and oxygen atoms in total. The molecule has 0 rings (SSSR count). The van der Waals surface area contributed by atoms with Gasteiger partial charge in [-0.3, -0.25) is 5.09 Å². The van der Waals surface area contributed by atoms with Gasteiger partial charge in [0.25, 0.3) is 0 Å². The molecule has 2 N–H and O–H groups in total. The summed E-state index contributed by atoms with van der Waals surface area (Å²) in [5.74, 6) is 5.74. The monoisotopic (exact) mass is 170 g/mol. The summed E-state index contributed by atoms with van der Waals surface area (Å²) < 4.78 is 0. The van der Waals surface area contributed by atoms with Crippen molar-refractivity contribution in [2.75, 3.05) is 0 Å². The molecule has 2 atom stereocenters. The Morgan fingerprint density at radius 2 is 2.36 bits per heavy atom. The number of hydrogen-bond donors (Lipinski definition) is 2. The number of allylic oxidation sites excluding steroid dienone is 1. The molecule has 0 saturated heterocycles. The summed E-state index contributed by atoms with van der Waals surface area (Å²) in [7, 11) is 2.44. The maximum absolute atomic E-state index is 3.82. The Balaban J connectivity index is 3.57. The highest BCUT2D eigenvalue weighted by Gasteiger charge is 1.95. The van der Waals surface area contributed by atoms with Gasteiger partial charge in [0.15, 0.2) is 0 Å². The molecule has 0 spiro atoms. The van der Waals surface area contributed by atoms with E-state index in [9.17, 15) is 0 Å². The summed E-state index contributed by atoms with van der Waals surface area (Å²) in [5, 5.41) is 6.10. The van der Waals surface area contributed by atoms with Crippen molar-refractivity contribution in [3.05, 3.63) is 12.3 Å². The van der Waals surface area contributed by atoms with E-state index < -0.39 is 0 Å². The first kappa shape index (κ1) is 10.5. The summed E-state index contributed by atoms with van der Waals surface area (Å²) in [6, 6.07) is 0. The van der Waals surface area contributed by atoms with Crippen LogP contribution in [0.4, 0.5) is 0 Å². The molecule has 0 heterocycles. The van der Waals surface area contributed by atoms with Crippen molar-refractivity contribution >= 4 is 9.39 Å². The minimum atomic E-state index is 0.228. The highest BCUT2D eigenvalue weighted by atomic mass is 31.0. The van der Waals surface area contributed by atoms with Gasteiger partial charge in [0.05, 0.1) is 6.17 Å². The predicted molar refractivity (Wildman–Crippen MR) is 52.7 cm³/mol. The molecule has 62 valence electrons. The molecule has 0 aliphatic rings. The van der Waals surface area contributed by atoms with Crippen molar-refractivity contribution in [2.24, 2.45) is 0 Å². The highest BCUT2D eigenvalue weighted by molar-refractivity contribution is 7.13. The normalized spacial score (nSPS) is 11.2. The Morgan fingerprint density at radius 3 is 2.82 bits per heavy atom. The van der Waals surface area contributed by atoms with Gasteiger partial charge in [-0.1, -0.05) is 21.9 Å². The maximum atomic E-state index is 3.82. The van der Waals surface area contributed by atoms with Crippen LogP contribution in [0.3, 0.4) is 0 Å². The molecule has 0 radical (unpaired) electrons. The zero-order valence-electron chi connectivity index (χ0n) is 7.07. The molecule has 0 fully saturated rings. The van der Waals surface area contributed by atoms with Crippen molar-refractivity contribution in [1.29, 1.82) is 0 Å². The van der Waals surface area contributed by atoms with E-state index in [1.165, 1.54) is 0 Å². The average Bonchev–Trinajstić information content (AvgIpc) is 2.00. The van der Waals surface area contributed by atoms with Crippen LogP contribution in [-0.2, 0) is 0 Å². The van der Waals surface area contributed by atoms with E-state index in [-0.39, 0.29) is 6.17 Å². The largest absolute Gasteiger partial charge is 0.373 e.